The summed E-state index contributed by atoms with van der Waals surface area (Å²) in [6.45, 7) is -17.1. The van der Waals surface area contributed by atoms with Crippen molar-refractivity contribution in [1.29, 1.82) is 0 Å². The van der Waals surface area contributed by atoms with Gasteiger partial charge in [-0.25, -0.2) is 4.39 Å². The van der Waals surface area contributed by atoms with E-state index in [0.29, 0.717) is 6.07 Å². The molecule has 0 aliphatic carbocycles. The molecule has 1 aromatic rings. The molecule has 0 amide bonds. The molecule has 0 radical (unpaired) electrons. The van der Waals surface area contributed by atoms with Gasteiger partial charge in [0, 0.05) is 41.3 Å². The second-order valence-corrected chi connectivity index (χ2v) is 2.60. The van der Waals surface area contributed by atoms with E-state index in [9.17, 15) is 4.39 Å². The van der Waals surface area contributed by atoms with E-state index in [1.807, 2.05) is 0 Å². The van der Waals surface area contributed by atoms with E-state index in [0.717, 1.165) is 18.2 Å². The third kappa shape index (κ3) is 2.04. The van der Waals surface area contributed by atoms with Crippen LogP contribution in [0.4, 0.5) is 10.1 Å². The molecule has 1 saturated heterocycles. The standard InChI is InChI=1S/C11H15FN2/c1-13-5-7-14(8-6-13)11-4-2-3-10(12)9-11/h2-4,9H,5-8H2,1H3/i1D3,5D2,6D2,7D2,8D2. The van der Waals surface area contributed by atoms with Crippen molar-refractivity contribution >= 4 is 5.69 Å². The lowest BCUT2D eigenvalue weighted by atomic mass is 10.2. The monoisotopic (exact) mass is 205 g/mol. The summed E-state index contributed by atoms with van der Waals surface area (Å²) in [5.41, 5.74) is -0.465. The van der Waals surface area contributed by atoms with Crippen molar-refractivity contribution in [2.75, 3.05) is 37.9 Å². The zero-order valence-electron chi connectivity index (χ0n) is 18.1. The zero-order valence-corrected chi connectivity index (χ0v) is 7.08. The summed E-state index contributed by atoms with van der Waals surface area (Å²) in [6, 6.07) is 3.91. The molecule has 1 heterocycles. The Morgan fingerprint density at radius 2 is 2.14 bits per heavy atom. The fourth-order valence-corrected chi connectivity index (χ4v) is 1.00. The molecule has 1 aliphatic rings. The minimum atomic E-state index is -3.47. The summed E-state index contributed by atoms with van der Waals surface area (Å²) in [7, 11) is 0. The first-order chi connectivity index (χ1) is 11.0. The fourth-order valence-electron chi connectivity index (χ4n) is 1.00. The number of nitrogens with zero attached hydrogens (tertiary/aromatic N) is 2. The smallest absolute Gasteiger partial charge is 0.125 e. The first-order valence-electron chi connectivity index (χ1n) is 9.35. The molecule has 2 rings (SSSR count). The van der Waals surface area contributed by atoms with Gasteiger partial charge in [-0.1, -0.05) is 6.07 Å². The molecule has 0 atom stereocenters. The Bertz CT molecular complexity index is 644. The Hall–Kier alpha value is -1.09. The number of hydrogen-bond acceptors (Lipinski definition) is 2. The number of anilines is 1. The van der Waals surface area contributed by atoms with Gasteiger partial charge in [-0.2, -0.15) is 0 Å². The molecule has 0 aromatic heterocycles. The quantitative estimate of drug-likeness (QED) is 0.687. The summed E-state index contributed by atoms with van der Waals surface area (Å²) in [5.74, 6) is -0.872. The van der Waals surface area contributed by atoms with Gasteiger partial charge in [0.1, 0.15) is 5.82 Å². The largest absolute Gasteiger partial charge is 0.369 e. The molecular weight excluding hydrogens is 179 g/mol. The van der Waals surface area contributed by atoms with Gasteiger partial charge >= 0.3 is 0 Å². The van der Waals surface area contributed by atoms with Gasteiger partial charge in [0.2, 0.25) is 0 Å². The van der Waals surface area contributed by atoms with Crippen LogP contribution < -0.4 is 4.90 Å². The lowest BCUT2D eigenvalue weighted by molar-refractivity contribution is 0.313. The molecule has 76 valence electrons. The minimum absolute atomic E-state index is 0.103. The summed E-state index contributed by atoms with van der Waals surface area (Å²) in [4.78, 5) is -0.325. The Kier molecular flexibility index (Phi) is 0.836. The van der Waals surface area contributed by atoms with Crippen molar-refractivity contribution in [3.8, 4) is 0 Å². The number of piperazine rings is 1. The van der Waals surface area contributed by atoms with E-state index in [4.69, 9.17) is 15.1 Å². The zero-order chi connectivity index (χ0) is 19.6. The van der Waals surface area contributed by atoms with E-state index in [2.05, 4.69) is 0 Å². The van der Waals surface area contributed by atoms with E-state index in [-0.39, 0.29) is 4.90 Å². The van der Waals surface area contributed by atoms with Crippen LogP contribution in [0.1, 0.15) is 15.1 Å². The van der Waals surface area contributed by atoms with E-state index < -0.39 is 49.4 Å². The maximum absolute atomic E-state index is 13.5. The van der Waals surface area contributed by atoms with E-state index in [1.54, 1.807) is 0 Å². The maximum atomic E-state index is 13.5. The van der Waals surface area contributed by atoms with Crippen LogP contribution in [0.15, 0.2) is 24.3 Å². The molecule has 1 aromatic carbocycles. The number of halogens is 1. The van der Waals surface area contributed by atoms with Gasteiger partial charge in [0.25, 0.3) is 0 Å². The molecular formula is C11H15FN2. The van der Waals surface area contributed by atoms with Gasteiger partial charge in [-0.15, -0.1) is 0 Å². The molecule has 3 heteroatoms. The van der Waals surface area contributed by atoms with Crippen LogP contribution in [0.3, 0.4) is 0 Å². The minimum Gasteiger partial charge on any atom is -0.369 e. The predicted molar refractivity (Wildman–Crippen MR) is 56.1 cm³/mol. The van der Waals surface area contributed by atoms with Crippen molar-refractivity contribution in [1.82, 2.24) is 4.90 Å². The fraction of sp³-hybridized carbons (Fsp3) is 0.455. The van der Waals surface area contributed by atoms with Crippen LogP contribution in [0.25, 0.3) is 0 Å². The molecule has 0 bridgehead atoms. The second-order valence-electron chi connectivity index (χ2n) is 2.60. The molecule has 0 spiro atoms. The third-order valence-corrected chi connectivity index (χ3v) is 1.61. The highest BCUT2D eigenvalue weighted by Crippen LogP contribution is 2.16. The lowest BCUT2D eigenvalue weighted by Crippen LogP contribution is -2.44. The highest BCUT2D eigenvalue weighted by atomic mass is 19.1. The summed E-state index contributed by atoms with van der Waals surface area (Å²) < 4.78 is 99.4. The van der Waals surface area contributed by atoms with E-state index in [1.165, 1.54) is 0 Å². The van der Waals surface area contributed by atoms with Gasteiger partial charge < -0.3 is 9.80 Å². The first-order valence-corrected chi connectivity index (χ1v) is 3.85. The number of likely N-dealkylation sites (N-methyl/N-ethyl adjacent to an activating group) is 1. The van der Waals surface area contributed by atoms with Crippen LogP contribution in [-0.2, 0) is 0 Å². The van der Waals surface area contributed by atoms with Crippen molar-refractivity contribution < 1.29 is 19.5 Å². The molecule has 0 N–H and O–H groups in total. The number of benzene rings is 1. The van der Waals surface area contributed by atoms with Crippen LogP contribution in [0.2, 0.25) is 0 Å². The average Bonchev–Trinajstić information content (AvgIpc) is 2.33. The summed E-state index contributed by atoms with van der Waals surface area (Å²) in [6.07, 6.45) is 0. The third-order valence-electron chi connectivity index (χ3n) is 1.61. The topological polar surface area (TPSA) is 6.48 Å². The van der Waals surface area contributed by atoms with Gasteiger partial charge in [-0.05, 0) is 25.2 Å². The van der Waals surface area contributed by atoms with Crippen LogP contribution in [-0.4, -0.2) is 37.9 Å². The van der Waals surface area contributed by atoms with Crippen molar-refractivity contribution in [3.05, 3.63) is 30.1 Å². The van der Waals surface area contributed by atoms with Crippen molar-refractivity contribution in [3.63, 3.8) is 0 Å². The van der Waals surface area contributed by atoms with Crippen molar-refractivity contribution in [2.45, 2.75) is 0 Å². The molecule has 1 fully saturated rings. The SMILES string of the molecule is [2H]C([2H])([2H])N1C([2H])([2H])C([2H])([2H])N(c2cccc(F)c2)C([2H])([2H])C1([2H])[2H]. The van der Waals surface area contributed by atoms with Crippen LogP contribution in [0, 0.1) is 5.82 Å². The van der Waals surface area contributed by atoms with Gasteiger partial charge in [0.15, 0.2) is 0 Å². The molecule has 2 nitrogen and oxygen atoms in total. The lowest BCUT2D eigenvalue weighted by Gasteiger charge is -2.34. The number of rotatable bonds is 1. The molecule has 14 heavy (non-hydrogen) atoms. The van der Waals surface area contributed by atoms with Crippen molar-refractivity contribution in [2.24, 2.45) is 0 Å². The van der Waals surface area contributed by atoms with Gasteiger partial charge in [-0.3, -0.25) is 0 Å². The highest BCUT2D eigenvalue weighted by Gasteiger charge is 2.13. The molecule has 1 aliphatic heterocycles. The Balaban J connectivity index is 2.80. The first kappa shape index (κ1) is 2.95. The molecule has 0 saturated carbocycles. The molecule has 0 unspecified atom stereocenters. The Morgan fingerprint density at radius 3 is 2.79 bits per heavy atom. The average molecular weight is 205 g/mol. The predicted octanol–water partition coefficient (Wildman–Crippen LogP) is 1.58. The van der Waals surface area contributed by atoms with E-state index >= 15 is 0 Å². The van der Waals surface area contributed by atoms with Crippen LogP contribution >= 0.6 is 0 Å². The van der Waals surface area contributed by atoms with Gasteiger partial charge in [0.05, 0.1) is 5.48 Å². The number of hydrogen-bond donors (Lipinski definition) is 0. The highest BCUT2D eigenvalue weighted by molar-refractivity contribution is 5.46. The normalized spacial score (nSPS) is 45.5. The second kappa shape index (κ2) is 3.96. The van der Waals surface area contributed by atoms with Crippen LogP contribution in [0.5, 0.6) is 0 Å². The summed E-state index contributed by atoms with van der Waals surface area (Å²) >= 11 is 0. The Labute approximate surface area is 99.4 Å². The maximum Gasteiger partial charge on any atom is 0.125 e. The Morgan fingerprint density at radius 1 is 1.36 bits per heavy atom. The summed E-state index contributed by atoms with van der Waals surface area (Å²) in [5, 5.41) is 0.